The van der Waals surface area contributed by atoms with Crippen LogP contribution < -0.4 is 0 Å². The van der Waals surface area contributed by atoms with Crippen LogP contribution >= 0.6 is 0 Å². The van der Waals surface area contributed by atoms with E-state index in [0.29, 0.717) is 6.61 Å². The van der Waals surface area contributed by atoms with Gasteiger partial charge in [-0.1, -0.05) is 76.9 Å². The van der Waals surface area contributed by atoms with Crippen molar-refractivity contribution in [2.24, 2.45) is 0 Å². The van der Waals surface area contributed by atoms with Crippen LogP contribution in [-0.4, -0.2) is 36.3 Å². The number of hydroxylamine groups is 2. The first-order chi connectivity index (χ1) is 12.2. The van der Waals surface area contributed by atoms with Crippen molar-refractivity contribution < 1.29 is 14.7 Å². The minimum atomic E-state index is -0.858. The van der Waals surface area contributed by atoms with Crippen molar-refractivity contribution in [1.29, 1.82) is 0 Å². The third kappa shape index (κ3) is 21.1. The van der Waals surface area contributed by atoms with Gasteiger partial charge in [-0.2, -0.15) is 5.06 Å². The molecule has 4 nitrogen and oxygen atoms in total. The molecule has 0 rings (SSSR count). The van der Waals surface area contributed by atoms with E-state index in [9.17, 15) is 4.79 Å². The van der Waals surface area contributed by atoms with Crippen molar-refractivity contribution in [1.82, 2.24) is 5.06 Å². The average molecular weight is 356 g/mol. The van der Waals surface area contributed by atoms with E-state index in [2.05, 4.69) is 19.1 Å². The van der Waals surface area contributed by atoms with Crippen molar-refractivity contribution in [3.05, 3.63) is 12.2 Å². The second kappa shape index (κ2) is 19.5. The fourth-order valence-electron chi connectivity index (χ4n) is 2.81. The van der Waals surface area contributed by atoms with Gasteiger partial charge >= 0.3 is 5.97 Å². The van der Waals surface area contributed by atoms with Crippen molar-refractivity contribution in [2.75, 3.05) is 20.2 Å². The molecule has 148 valence electrons. The van der Waals surface area contributed by atoms with Crippen LogP contribution in [0.4, 0.5) is 0 Å². The van der Waals surface area contributed by atoms with Crippen LogP contribution in [0.3, 0.4) is 0 Å². The van der Waals surface area contributed by atoms with Crippen LogP contribution in [-0.2, 0) is 9.63 Å². The predicted octanol–water partition coefficient (Wildman–Crippen LogP) is 5.97. The molecule has 0 aromatic rings. The van der Waals surface area contributed by atoms with Gasteiger partial charge in [0.15, 0.2) is 0 Å². The number of carboxylic acid groups (broad SMARTS) is 1. The zero-order chi connectivity index (χ0) is 18.6. The Morgan fingerprint density at radius 3 is 1.84 bits per heavy atom. The topological polar surface area (TPSA) is 49.8 Å². The van der Waals surface area contributed by atoms with E-state index in [4.69, 9.17) is 9.94 Å². The van der Waals surface area contributed by atoms with Crippen LogP contribution in [0.5, 0.6) is 0 Å². The van der Waals surface area contributed by atoms with E-state index in [0.717, 1.165) is 12.8 Å². The summed E-state index contributed by atoms with van der Waals surface area (Å²) >= 11 is 0. The summed E-state index contributed by atoms with van der Waals surface area (Å²) in [5.41, 5.74) is 0. The van der Waals surface area contributed by atoms with Crippen molar-refractivity contribution in [2.45, 2.75) is 96.8 Å². The van der Waals surface area contributed by atoms with Gasteiger partial charge in [-0.05, 0) is 32.1 Å². The zero-order valence-corrected chi connectivity index (χ0v) is 16.7. The lowest BCUT2D eigenvalue weighted by molar-refractivity contribution is -0.166. The predicted molar refractivity (Wildman–Crippen MR) is 106 cm³/mol. The first-order valence-electron chi connectivity index (χ1n) is 10.4. The van der Waals surface area contributed by atoms with Gasteiger partial charge < -0.3 is 5.11 Å². The van der Waals surface area contributed by atoms with Crippen LogP contribution in [0.15, 0.2) is 12.2 Å². The second-order valence-corrected chi connectivity index (χ2v) is 6.95. The monoisotopic (exact) mass is 355 g/mol. The molecule has 0 aromatic carbocycles. The average Bonchev–Trinajstić information content (AvgIpc) is 2.57. The van der Waals surface area contributed by atoms with E-state index in [1.165, 1.54) is 82.1 Å². The minimum absolute atomic E-state index is 0.0631. The molecule has 0 spiro atoms. The van der Waals surface area contributed by atoms with Gasteiger partial charge in [0.25, 0.3) is 0 Å². The Hall–Kier alpha value is -0.870. The molecule has 0 heterocycles. The van der Waals surface area contributed by atoms with Crippen molar-refractivity contribution in [3.63, 3.8) is 0 Å². The van der Waals surface area contributed by atoms with Gasteiger partial charge in [0.05, 0.1) is 6.61 Å². The molecule has 0 aliphatic rings. The minimum Gasteiger partial charge on any atom is -0.480 e. The number of rotatable bonds is 19. The van der Waals surface area contributed by atoms with Crippen molar-refractivity contribution in [3.8, 4) is 0 Å². The summed E-state index contributed by atoms with van der Waals surface area (Å²) < 4.78 is 0. The highest BCUT2D eigenvalue weighted by Crippen LogP contribution is 2.10. The van der Waals surface area contributed by atoms with Crippen molar-refractivity contribution >= 4 is 5.97 Å². The molecule has 0 amide bonds. The Labute approximate surface area is 155 Å². The van der Waals surface area contributed by atoms with Gasteiger partial charge in [0.1, 0.15) is 6.54 Å². The largest absolute Gasteiger partial charge is 0.480 e. The molecular formula is C21H41NO3. The third-order valence-electron chi connectivity index (χ3n) is 4.33. The lowest BCUT2D eigenvalue weighted by atomic mass is 10.1. The third-order valence-corrected chi connectivity index (χ3v) is 4.33. The lowest BCUT2D eigenvalue weighted by Crippen LogP contribution is -2.26. The molecule has 0 saturated heterocycles. The molecule has 4 heteroatoms. The van der Waals surface area contributed by atoms with Crippen LogP contribution in [0.25, 0.3) is 0 Å². The number of hydrogen-bond donors (Lipinski definition) is 1. The Morgan fingerprint density at radius 1 is 0.840 bits per heavy atom. The fraction of sp³-hybridized carbons (Fsp3) is 0.857. The molecule has 0 aromatic heterocycles. The summed E-state index contributed by atoms with van der Waals surface area (Å²) in [5.74, 6) is -0.858. The quantitative estimate of drug-likeness (QED) is 0.176. The zero-order valence-electron chi connectivity index (χ0n) is 16.7. The number of nitrogens with zero attached hydrogens (tertiary/aromatic N) is 1. The molecule has 0 bridgehead atoms. The van der Waals surface area contributed by atoms with Crippen LogP contribution in [0, 0.1) is 0 Å². The summed E-state index contributed by atoms with van der Waals surface area (Å²) in [6, 6.07) is 0. The highest BCUT2D eigenvalue weighted by atomic mass is 16.7. The van der Waals surface area contributed by atoms with E-state index in [-0.39, 0.29) is 6.54 Å². The van der Waals surface area contributed by atoms with E-state index < -0.39 is 5.97 Å². The standard InChI is InChI=1S/C21H41NO3/c1-3-4-5-6-7-8-9-10-11-12-13-14-15-16-17-18-19-25-22(2)20-21(23)24/h10-11H,3-9,12-20H2,1-2H3,(H,23,24)/b11-10-. The van der Waals surface area contributed by atoms with E-state index in [1.54, 1.807) is 7.05 Å². The maximum Gasteiger partial charge on any atom is 0.320 e. The second-order valence-electron chi connectivity index (χ2n) is 6.95. The Balaban J connectivity index is 3.15. The highest BCUT2D eigenvalue weighted by Gasteiger charge is 2.03. The summed E-state index contributed by atoms with van der Waals surface area (Å²) in [7, 11) is 1.66. The Kier molecular flexibility index (Phi) is 18.8. The number of allylic oxidation sites excluding steroid dienone is 2. The maximum absolute atomic E-state index is 10.5. The molecule has 0 saturated carbocycles. The van der Waals surface area contributed by atoms with Gasteiger partial charge in [0, 0.05) is 7.05 Å². The fourth-order valence-corrected chi connectivity index (χ4v) is 2.81. The first kappa shape index (κ1) is 24.1. The number of likely N-dealkylation sites (N-methyl/N-ethyl adjacent to an activating group) is 1. The van der Waals surface area contributed by atoms with Gasteiger partial charge in [-0.15, -0.1) is 0 Å². The number of unbranched alkanes of at least 4 members (excludes halogenated alkanes) is 12. The number of carboxylic acids is 1. The van der Waals surface area contributed by atoms with Crippen LogP contribution in [0.2, 0.25) is 0 Å². The van der Waals surface area contributed by atoms with Gasteiger partial charge in [-0.25, -0.2) is 0 Å². The summed E-state index contributed by atoms with van der Waals surface area (Å²) in [5, 5.41) is 9.99. The molecule has 25 heavy (non-hydrogen) atoms. The molecule has 0 aliphatic carbocycles. The molecular weight excluding hydrogens is 314 g/mol. The van der Waals surface area contributed by atoms with Crippen LogP contribution in [0.1, 0.15) is 96.8 Å². The summed E-state index contributed by atoms with van der Waals surface area (Å²) in [6.07, 6.45) is 22.8. The Morgan fingerprint density at radius 2 is 1.32 bits per heavy atom. The lowest BCUT2D eigenvalue weighted by Gasteiger charge is -2.13. The van der Waals surface area contributed by atoms with E-state index in [1.807, 2.05) is 0 Å². The number of hydrogen-bond acceptors (Lipinski definition) is 3. The molecule has 0 fully saturated rings. The number of carbonyl (C=O) groups is 1. The number of aliphatic carboxylic acids is 1. The van der Waals surface area contributed by atoms with E-state index >= 15 is 0 Å². The molecule has 0 atom stereocenters. The van der Waals surface area contributed by atoms with Gasteiger partial charge in [-0.3, -0.25) is 9.63 Å². The van der Waals surface area contributed by atoms with Gasteiger partial charge in [0.2, 0.25) is 0 Å². The molecule has 0 unspecified atom stereocenters. The maximum atomic E-state index is 10.5. The molecule has 1 N–H and O–H groups in total. The Bertz CT molecular complexity index is 318. The highest BCUT2D eigenvalue weighted by molar-refractivity contribution is 5.68. The smallest absolute Gasteiger partial charge is 0.320 e. The SMILES string of the molecule is CCCCCCCC/C=C\CCCCCCCCON(C)CC(=O)O. The normalized spacial score (nSPS) is 11.6. The molecule has 0 radical (unpaired) electrons. The molecule has 0 aliphatic heterocycles. The first-order valence-corrected chi connectivity index (χ1v) is 10.4. The summed E-state index contributed by atoms with van der Waals surface area (Å²) in [6.45, 7) is 2.82. The summed E-state index contributed by atoms with van der Waals surface area (Å²) in [4.78, 5) is 15.8.